The van der Waals surface area contributed by atoms with Crippen LogP contribution < -0.4 is 0 Å². The SMILES string of the molecule is O=C(c1cc(F)cc(Cl)c1)c1c(F)cccc1Cl. The molecule has 0 atom stereocenters. The zero-order valence-corrected chi connectivity index (χ0v) is 10.4. The Hall–Kier alpha value is -1.45. The number of hydrogen-bond acceptors (Lipinski definition) is 1. The van der Waals surface area contributed by atoms with Gasteiger partial charge in [0, 0.05) is 10.6 Å². The summed E-state index contributed by atoms with van der Waals surface area (Å²) >= 11 is 11.4. The van der Waals surface area contributed by atoms with Gasteiger partial charge in [-0.15, -0.1) is 0 Å². The van der Waals surface area contributed by atoms with E-state index in [1.165, 1.54) is 18.2 Å². The highest BCUT2D eigenvalue weighted by Crippen LogP contribution is 2.24. The Bertz CT molecular complexity index is 586. The maximum atomic E-state index is 13.6. The number of benzene rings is 2. The van der Waals surface area contributed by atoms with Crippen molar-refractivity contribution < 1.29 is 13.6 Å². The molecule has 2 aromatic carbocycles. The minimum atomic E-state index is -0.757. The Balaban J connectivity index is 2.55. The summed E-state index contributed by atoms with van der Waals surface area (Å²) < 4.78 is 26.7. The van der Waals surface area contributed by atoms with E-state index in [0.29, 0.717) is 0 Å². The van der Waals surface area contributed by atoms with Crippen LogP contribution in [-0.2, 0) is 0 Å². The molecular weight excluding hydrogens is 281 g/mol. The Kier molecular flexibility index (Phi) is 3.64. The fourth-order valence-electron chi connectivity index (χ4n) is 1.54. The van der Waals surface area contributed by atoms with Gasteiger partial charge in [-0.05, 0) is 30.3 Å². The van der Waals surface area contributed by atoms with Crippen LogP contribution in [0.4, 0.5) is 8.78 Å². The van der Waals surface area contributed by atoms with E-state index >= 15 is 0 Å². The van der Waals surface area contributed by atoms with E-state index in [1.807, 2.05) is 0 Å². The summed E-state index contributed by atoms with van der Waals surface area (Å²) in [5, 5.41) is 0.0335. The summed E-state index contributed by atoms with van der Waals surface area (Å²) in [4.78, 5) is 12.0. The molecule has 0 aliphatic heterocycles. The van der Waals surface area contributed by atoms with E-state index in [4.69, 9.17) is 23.2 Å². The average Bonchev–Trinajstić information content (AvgIpc) is 2.27. The van der Waals surface area contributed by atoms with Crippen molar-refractivity contribution in [2.24, 2.45) is 0 Å². The van der Waals surface area contributed by atoms with E-state index in [0.717, 1.165) is 18.2 Å². The lowest BCUT2D eigenvalue weighted by Gasteiger charge is -2.05. The van der Waals surface area contributed by atoms with Crippen molar-refractivity contribution in [3.05, 3.63) is 69.2 Å². The second kappa shape index (κ2) is 5.04. The van der Waals surface area contributed by atoms with Gasteiger partial charge in [0.25, 0.3) is 0 Å². The first-order chi connectivity index (χ1) is 8.49. The summed E-state index contributed by atoms with van der Waals surface area (Å²) in [6.07, 6.45) is 0. The van der Waals surface area contributed by atoms with E-state index in [9.17, 15) is 13.6 Å². The highest BCUT2D eigenvalue weighted by molar-refractivity contribution is 6.35. The van der Waals surface area contributed by atoms with Crippen LogP contribution in [-0.4, -0.2) is 5.78 Å². The number of carbonyl (C=O) groups is 1. The minimum Gasteiger partial charge on any atom is -0.288 e. The monoisotopic (exact) mass is 286 g/mol. The predicted octanol–water partition coefficient (Wildman–Crippen LogP) is 4.50. The van der Waals surface area contributed by atoms with Gasteiger partial charge >= 0.3 is 0 Å². The fraction of sp³-hybridized carbons (Fsp3) is 0. The smallest absolute Gasteiger partial charge is 0.197 e. The van der Waals surface area contributed by atoms with Crippen LogP contribution >= 0.6 is 23.2 Å². The molecule has 0 amide bonds. The minimum absolute atomic E-state index is 0.0274. The second-order valence-corrected chi connectivity index (χ2v) is 4.43. The molecule has 2 rings (SSSR count). The molecule has 5 heteroatoms. The molecule has 2 aromatic rings. The highest BCUT2D eigenvalue weighted by atomic mass is 35.5. The molecule has 0 N–H and O–H groups in total. The van der Waals surface area contributed by atoms with Gasteiger partial charge in [-0.3, -0.25) is 4.79 Å². The second-order valence-electron chi connectivity index (χ2n) is 3.58. The summed E-state index contributed by atoms with van der Waals surface area (Å²) in [6.45, 7) is 0. The van der Waals surface area contributed by atoms with Gasteiger partial charge in [0.05, 0.1) is 10.6 Å². The van der Waals surface area contributed by atoms with E-state index in [1.54, 1.807) is 0 Å². The number of ketones is 1. The molecule has 0 heterocycles. The van der Waals surface area contributed by atoms with Gasteiger partial charge in [-0.1, -0.05) is 29.3 Å². The van der Waals surface area contributed by atoms with Crippen molar-refractivity contribution in [3.8, 4) is 0 Å². The fourth-order valence-corrected chi connectivity index (χ4v) is 2.01. The molecule has 18 heavy (non-hydrogen) atoms. The summed E-state index contributed by atoms with van der Waals surface area (Å²) in [7, 11) is 0. The van der Waals surface area contributed by atoms with Crippen LogP contribution in [0.2, 0.25) is 10.0 Å². The largest absolute Gasteiger partial charge is 0.288 e. The van der Waals surface area contributed by atoms with Crippen molar-refractivity contribution in [1.29, 1.82) is 0 Å². The van der Waals surface area contributed by atoms with Crippen LogP contribution in [0.15, 0.2) is 36.4 Å². The molecule has 0 aliphatic carbocycles. The zero-order chi connectivity index (χ0) is 13.3. The molecule has 0 spiro atoms. The first kappa shape index (κ1) is 13.0. The molecule has 0 saturated carbocycles. The van der Waals surface area contributed by atoms with Crippen LogP contribution in [0.5, 0.6) is 0 Å². The third-order valence-electron chi connectivity index (χ3n) is 2.31. The summed E-state index contributed by atoms with van der Waals surface area (Å²) in [5.41, 5.74) is -0.340. The van der Waals surface area contributed by atoms with Crippen molar-refractivity contribution in [3.63, 3.8) is 0 Å². The lowest BCUT2D eigenvalue weighted by atomic mass is 10.0. The molecule has 0 aromatic heterocycles. The number of hydrogen-bond donors (Lipinski definition) is 0. The molecule has 0 aliphatic rings. The van der Waals surface area contributed by atoms with Gasteiger partial charge in [-0.2, -0.15) is 0 Å². The highest BCUT2D eigenvalue weighted by Gasteiger charge is 2.18. The Labute approximate surface area is 112 Å². The van der Waals surface area contributed by atoms with Crippen LogP contribution in [0.1, 0.15) is 15.9 Å². The van der Waals surface area contributed by atoms with Crippen LogP contribution in [0.3, 0.4) is 0 Å². The molecule has 0 radical (unpaired) electrons. The van der Waals surface area contributed by atoms with E-state index in [2.05, 4.69) is 0 Å². The van der Waals surface area contributed by atoms with Gasteiger partial charge in [-0.25, -0.2) is 8.78 Å². The predicted molar refractivity (Wildman–Crippen MR) is 66.3 cm³/mol. The summed E-state index contributed by atoms with van der Waals surface area (Å²) in [6, 6.07) is 7.18. The maximum absolute atomic E-state index is 13.6. The maximum Gasteiger partial charge on any atom is 0.197 e. The Morgan fingerprint density at radius 1 is 1.06 bits per heavy atom. The van der Waals surface area contributed by atoms with Gasteiger partial charge in [0.1, 0.15) is 11.6 Å². The zero-order valence-electron chi connectivity index (χ0n) is 8.88. The van der Waals surface area contributed by atoms with Gasteiger partial charge < -0.3 is 0 Å². The molecule has 0 unspecified atom stereocenters. The quantitative estimate of drug-likeness (QED) is 0.743. The van der Waals surface area contributed by atoms with Crippen molar-refractivity contribution >= 4 is 29.0 Å². The van der Waals surface area contributed by atoms with Gasteiger partial charge in [0.2, 0.25) is 0 Å². The van der Waals surface area contributed by atoms with E-state index < -0.39 is 17.4 Å². The molecule has 1 nitrogen and oxygen atoms in total. The molecule has 0 bridgehead atoms. The lowest BCUT2D eigenvalue weighted by molar-refractivity contribution is 0.103. The Morgan fingerprint density at radius 2 is 1.78 bits per heavy atom. The first-order valence-electron chi connectivity index (χ1n) is 4.94. The first-order valence-corrected chi connectivity index (χ1v) is 5.69. The van der Waals surface area contributed by atoms with Gasteiger partial charge in [0.15, 0.2) is 5.78 Å². The van der Waals surface area contributed by atoms with Crippen molar-refractivity contribution in [2.45, 2.75) is 0 Å². The summed E-state index contributed by atoms with van der Waals surface area (Å²) in [5.74, 6) is -2.13. The molecule has 0 saturated heterocycles. The normalized spacial score (nSPS) is 10.4. The third-order valence-corrected chi connectivity index (χ3v) is 2.85. The third kappa shape index (κ3) is 2.52. The number of carbonyl (C=O) groups excluding carboxylic acids is 1. The molecule has 0 fully saturated rings. The topological polar surface area (TPSA) is 17.1 Å². The number of rotatable bonds is 2. The van der Waals surface area contributed by atoms with Crippen molar-refractivity contribution in [2.75, 3.05) is 0 Å². The van der Waals surface area contributed by atoms with Crippen LogP contribution in [0, 0.1) is 11.6 Å². The lowest BCUT2D eigenvalue weighted by Crippen LogP contribution is -2.05. The van der Waals surface area contributed by atoms with Crippen molar-refractivity contribution in [1.82, 2.24) is 0 Å². The molecule has 92 valence electrons. The Morgan fingerprint density at radius 3 is 2.39 bits per heavy atom. The average molecular weight is 287 g/mol. The van der Waals surface area contributed by atoms with Crippen LogP contribution in [0.25, 0.3) is 0 Å². The standard InChI is InChI=1S/C13H6Cl2F2O/c14-8-4-7(5-9(16)6-8)13(18)12-10(15)2-1-3-11(12)17/h1-6H. The molecular formula is C13H6Cl2F2O. The number of halogens is 4. The van der Waals surface area contributed by atoms with E-state index in [-0.39, 0.29) is 21.2 Å².